The molecular weight excluding hydrogens is 188 g/mol. The van der Waals surface area contributed by atoms with E-state index in [9.17, 15) is 0 Å². The van der Waals surface area contributed by atoms with E-state index in [4.69, 9.17) is 16.3 Å². The first-order valence-corrected chi connectivity index (χ1v) is 4.40. The van der Waals surface area contributed by atoms with E-state index in [1.165, 1.54) is 7.11 Å². The standard InChI is InChI=1S/C9H13ClN2O/c1-9(2,3)7-6(10)5-11-8(12-7)13-4/h5H,1-4H3. The molecule has 0 amide bonds. The normalized spacial score (nSPS) is 11.5. The minimum atomic E-state index is -0.0900. The highest BCUT2D eigenvalue weighted by atomic mass is 35.5. The Labute approximate surface area is 83.1 Å². The molecule has 0 aliphatic heterocycles. The summed E-state index contributed by atoms with van der Waals surface area (Å²) in [6, 6.07) is 0.356. The lowest BCUT2D eigenvalue weighted by Crippen LogP contribution is -2.15. The summed E-state index contributed by atoms with van der Waals surface area (Å²) in [6.45, 7) is 6.13. The number of hydrogen-bond acceptors (Lipinski definition) is 3. The van der Waals surface area contributed by atoms with E-state index in [0.29, 0.717) is 11.0 Å². The third-order valence-electron chi connectivity index (χ3n) is 1.61. The van der Waals surface area contributed by atoms with Gasteiger partial charge in [-0.25, -0.2) is 4.98 Å². The fourth-order valence-electron chi connectivity index (χ4n) is 0.975. The van der Waals surface area contributed by atoms with Crippen molar-refractivity contribution >= 4 is 11.6 Å². The smallest absolute Gasteiger partial charge is 0.316 e. The van der Waals surface area contributed by atoms with Crippen LogP contribution in [0.1, 0.15) is 26.5 Å². The van der Waals surface area contributed by atoms with Crippen molar-refractivity contribution in [1.82, 2.24) is 9.97 Å². The molecule has 0 aliphatic carbocycles. The Balaban J connectivity index is 3.19. The van der Waals surface area contributed by atoms with Crippen molar-refractivity contribution in [1.29, 1.82) is 0 Å². The van der Waals surface area contributed by atoms with Crippen molar-refractivity contribution in [2.75, 3.05) is 7.11 Å². The van der Waals surface area contributed by atoms with Gasteiger partial charge >= 0.3 is 6.01 Å². The third kappa shape index (κ3) is 2.31. The van der Waals surface area contributed by atoms with Gasteiger partial charge in [-0.15, -0.1) is 0 Å². The second kappa shape index (κ2) is 3.50. The van der Waals surface area contributed by atoms with Crippen molar-refractivity contribution in [3.8, 4) is 6.01 Å². The van der Waals surface area contributed by atoms with E-state index >= 15 is 0 Å². The number of methoxy groups -OCH3 is 1. The van der Waals surface area contributed by atoms with E-state index in [2.05, 4.69) is 9.97 Å². The summed E-state index contributed by atoms with van der Waals surface area (Å²) in [7, 11) is 1.54. The zero-order valence-electron chi connectivity index (χ0n) is 8.26. The number of rotatable bonds is 1. The van der Waals surface area contributed by atoms with E-state index < -0.39 is 0 Å². The minimum Gasteiger partial charge on any atom is -0.467 e. The summed E-state index contributed by atoms with van der Waals surface area (Å²) in [5.41, 5.74) is 0.717. The predicted molar refractivity (Wildman–Crippen MR) is 52.3 cm³/mol. The number of halogens is 1. The van der Waals surface area contributed by atoms with Gasteiger partial charge in [0, 0.05) is 5.41 Å². The van der Waals surface area contributed by atoms with Crippen LogP contribution in [0, 0.1) is 0 Å². The van der Waals surface area contributed by atoms with Crippen LogP contribution in [0.15, 0.2) is 6.20 Å². The van der Waals surface area contributed by atoms with E-state index in [-0.39, 0.29) is 5.41 Å². The van der Waals surface area contributed by atoms with Crippen molar-refractivity contribution in [3.63, 3.8) is 0 Å². The molecule has 0 fully saturated rings. The Morgan fingerprint density at radius 2 is 2.00 bits per heavy atom. The SMILES string of the molecule is COc1ncc(Cl)c(C(C)(C)C)n1. The molecular formula is C9H13ClN2O. The molecule has 0 radical (unpaired) electrons. The van der Waals surface area contributed by atoms with Gasteiger partial charge in [-0.05, 0) is 0 Å². The molecule has 1 aromatic rings. The number of aromatic nitrogens is 2. The molecule has 0 aromatic carbocycles. The molecule has 0 bridgehead atoms. The van der Waals surface area contributed by atoms with Crippen molar-refractivity contribution in [2.45, 2.75) is 26.2 Å². The van der Waals surface area contributed by atoms with Crippen LogP contribution in [-0.2, 0) is 5.41 Å². The van der Waals surface area contributed by atoms with Gasteiger partial charge in [0.25, 0.3) is 0 Å². The Morgan fingerprint density at radius 1 is 1.38 bits per heavy atom. The Bertz CT molecular complexity index is 307. The lowest BCUT2D eigenvalue weighted by Gasteiger charge is -2.18. The molecule has 1 rings (SSSR count). The first kappa shape index (κ1) is 10.3. The van der Waals surface area contributed by atoms with Crippen LogP contribution in [0.2, 0.25) is 5.02 Å². The van der Waals surface area contributed by atoms with Gasteiger partial charge in [-0.1, -0.05) is 32.4 Å². The van der Waals surface area contributed by atoms with Gasteiger partial charge in [-0.3, -0.25) is 0 Å². The van der Waals surface area contributed by atoms with Crippen LogP contribution in [-0.4, -0.2) is 17.1 Å². The van der Waals surface area contributed by atoms with Gasteiger partial charge in [0.05, 0.1) is 24.0 Å². The second-order valence-corrected chi connectivity index (χ2v) is 4.21. The molecule has 1 heterocycles. The molecule has 0 saturated heterocycles. The first-order valence-electron chi connectivity index (χ1n) is 4.02. The second-order valence-electron chi connectivity index (χ2n) is 3.80. The van der Waals surface area contributed by atoms with Crippen molar-refractivity contribution in [2.24, 2.45) is 0 Å². The minimum absolute atomic E-state index is 0.0900. The molecule has 0 atom stereocenters. The maximum atomic E-state index is 5.96. The first-order chi connectivity index (χ1) is 5.95. The molecule has 0 unspecified atom stereocenters. The molecule has 0 spiro atoms. The van der Waals surface area contributed by atoms with Crippen LogP contribution in [0.4, 0.5) is 0 Å². The van der Waals surface area contributed by atoms with Crippen molar-refractivity contribution < 1.29 is 4.74 Å². The van der Waals surface area contributed by atoms with Gasteiger partial charge in [0.2, 0.25) is 0 Å². The lowest BCUT2D eigenvalue weighted by atomic mass is 9.92. The van der Waals surface area contributed by atoms with E-state index in [1.54, 1.807) is 6.20 Å². The lowest BCUT2D eigenvalue weighted by molar-refractivity contribution is 0.373. The van der Waals surface area contributed by atoms with Crippen LogP contribution < -0.4 is 4.74 Å². The zero-order valence-corrected chi connectivity index (χ0v) is 9.01. The highest BCUT2D eigenvalue weighted by Gasteiger charge is 2.20. The zero-order chi connectivity index (χ0) is 10.1. The number of nitrogens with zero attached hydrogens (tertiary/aromatic N) is 2. The molecule has 0 saturated carbocycles. The fourth-order valence-corrected chi connectivity index (χ4v) is 1.35. The quantitative estimate of drug-likeness (QED) is 0.699. The molecule has 3 nitrogen and oxygen atoms in total. The largest absolute Gasteiger partial charge is 0.467 e. The predicted octanol–water partition coefficient (Wildman–Crippen LogP) is 2.44. The topological polar surface area (TPSA) is 35.0 Å². The molecule has 0 aliphatic rings. The molecule has 72 valence electrons. The Kier molecular flexibility index (Phi) is 2.76. The summed E-state index contributed by atoms with van der Waals surface area (Å²) >= 11 is 5.96. The van der Waals surface area contributed by atoms with Gasteiger partial charge in [-0.2, -0.15) is 4.98 Å². The summed E-state index contributed by atoms with van der Waals surface area (Å²) in [6.07, 6.45) is 1.56. The van der Waals surface area contributed by atoms with Crippen LogP contribution >= 0.6 is 11.6 Å². The Morgan fingerprint density at radius 3 is 2.46 bits per heavy atom. The van der Waals surface area contributed by atoms with E-state index in [1.807, 2.05) is 20.8 Å². The molecule has 1 aromatic heterocycles. The molecule has 4 heteroatoms. The van der Waals surface area contributed by atoms with Gasteiger partial charge in [0.1, 0.15) is 0 Å². The average molecular weight is 201 g/mol. The summed E-state index contributed by atoms with van der Waals surface area (Å²) in [5, 5.41) is 0.577. The molecule has 13 heavy (non-hydrogen) atoms. The highest BCUT2D eigenvalue weighted by Crippen LogP contribution is 2.27. The highest BCUT2D eigenvalue weighted by molar-refractivity contribution is 6.31. The summed E-state index contributed by atoms with van der Waals surface area (Å²) < 4.78 is 4.92. The van der Waals surface area contributed by atoms with Crippen molar-refractivity contribution in [3.05, 3.63) is 16.9 Å². The summed E-state index contributed by atoms with van der Waals surface area (Å²) in [5.74, 6) is 0. The average Bonchev–Trinajstić information content (AvgIpc) is 2.03. The third-order valence-corrected chi connectivity index (χ3v) is 1.89. The molecule has 0 N–H and O–H groups in total. The van der Waals surface area contributed by atoms with Gasteiger partial charge in [0.15, 0.2) is 0 Å². The monoisotopic (exact) mass is 200 g/mol. The van der Waals surface area contributed by atoms with Crippen LogP contribution in [0.5, 0.6) is 6.01 Å². The number of hydrogen-bond donors (Lipinski definition) is 0. The van der Waals surface area contributed by atoms with Crippen LogP contribution in [0.25, 0.3) is 0 Å². The van der Waals surface area contributed by atoms with Crippen LogP contribution in [0.3, 0.4) is 0 Å². The Hall–Kier alpha value is -0.830. The van der Waals surface area contributed by atoms with Gasteiger partial charge < -0.3 is 4.74 Å². The maximum absolute atomic E-state index is 5.96. The number of ether oxygens (including phenoxy) is 1. The fraction of sp³-hybridized carbons (Fsp3) is 0.556. The van der Waals surface area contributed by atoms with E-state index in [0.717, 1.165) is 5.69 Å². The summed E-state index contributed by atoms with van der Waals surface area (Å²) in [4.78, 5) is 8.10. The maximum Gasteiger partial charge on any atom is 0.316 e.